The van der Waals surface area contributed by atoms with E-state index in [2.05, 4.69) is 5.32 Å². The van der Waals surface area contributed by atoms with Crippen molar-refractivity contribution >= 4 is 11.9 Å². The Balaban J connectivity index is 0.000000450. The Hall–Kier alpha value is -2.28. The lowest BCUT2D eigenvalue weighted by molar-refractivity contribution is -0.159. The van der Waals surface area contributed by atoms with Gasteiger partial charge >= 0.3 is 11.9 Å². The average Bonchev–Trinajstić information content (AvgIpc) is 3.12. The summed E-state index contributed by atoms with van der Waals surface area (Å²) in [6.07, 6.45) is 7.80. The molecule has 1 fully saturated rings. The van der Waals surface area contributed by atoms with E-state index in [0.717, 1.165) is 37.1 Å². The molecule has 0 aromatic heterocycles. The second-order valence-corrected chi connectivity index (χ2v) is 5.78. The van der Waals surface area contributed by atoms with Crippen LogP contribution in [0.1, 0.15) is 38.5 Å². The van der Waals surface area contributed by atoms with Gasteiger partial charge in [-0.15, -0.1) is 0 Å². The zero-order chi connectivity index (χ0) is 18.5. The van der Waals surface area contributed by atoms with Gasteiger partial charge in [0.1, 0.15) is 11.5 Å². The van der Waals surface area contributed by atoms with Crippen molar-refractivity contribution < 1.29 is 29.3 Å². The van der Waals surface area contributed by atoms with Gasteiger partial charge in [0.25, 0.3) is 0 Å². The van der Waals surface area contributed by atoms with Gasteiger partial charge in [0.15, 0.2) is 0 Å². The second kappa shape index (κ2) is 12.1. The fraction of sp³-hybridized carbons (Fsp3) is 0.556. The predicted octanol–water partition coefficient (Wildman–Crippen LogP) is 2.54. The van der Waals surface area contributed by atoms with Gasteiger partial charge in [-0.25, -0.2) is 9.59 Å². The second-order valence-electron chi connectivity index (χ2n) is 5.78. The number of benzene rings is 1. The normalized spacial score (nSPS) is 13.6. The molecule has 25 heavy (non-hydrogen) atoms. The van der Waals surface area contributed by atoms with Crippen LogP contribution in [0.25, 0.3) is 0 Å². The number of carboxylic acids is 2. The highest BCUT2D eigenvalue weighted by Crippen LogP contribution is 2.19. The number of nitrogens with one attached hydrogen (secondary N) is 1. The Morgan fingerprint density at radius 3 is 2.36 bits per heavy atom. The Bertz CT molecular complexity index is 516. The molecule has 0 saturated heterocycles. The average molecular weight is 353 g/mol. The van der Waals surface area contributed by atoms with Crippen LogP contribution in [0, 0.1) is 0 Å². The number of unbranched alkanes of at least 4 members (excludes halogenated alkanes) is 1. The van der Waals surface area contributed by atoms with Gasteiger partial charge in [-0.1, -0.05) is 18.9 Å². The first-order valence-corrected chi connectivity index (χ1v) is 8.49. The number of hydrogen-bond donors (Lipinski definition) is 3. The van der Waals surface area contributed by atoms with E-state index >= 15 is 0 Å². The van der Waals surface area contributed by atoms with E-state index in [1.807, 2.05) is 24.3 Å². The number of aliphatic carboxylic acids is 2. The fourth-order valence-corrected chi connectivity index (χ4v) is 2.54. The molecule has 0 heterocycles. The molecule has 140 valence electrons. The van der Waals surface area contributed by atoms with E-state index < -0.39 is 11.9 Å². The first-order valence-electron chi connectivity index (χ1n) is 8.49. The van der Waals surface area contributed by atoms with Gasteiger partial charge in [-0.2, -0.15) is 0 Å². The van der Waals surface area contributed by atoms with Crippen molar-refractivity contribution in [2.75, 3.05) is 20.3 Å². The molecule has 1 saturated carbocycles. The zero-order valence-corrected chi connectivity index (χ0v) is 14.6. The SMILES string of the molecule is COc1cccc(OCCCCNC2CCCC2)c1.O=C(O)C(=O)O. The lowest BCUT2D eigenvalue weighted by Gasteiger charge is -2.11. The molecule has 0 bridgehead atoms. The Morgan fingerprint density at radius 1 is 1.12 bits per heavy atom. The van der Waals surface area contributed by atoms with E-state index in [9.17, 15) is 0 Å². The third kappa shape index (κ3) is 9.56. The minimum atomic E-state index is -1.82. The Labute approximate surface area is 147 Å². The molecule has 0 spiro atoms. The molecular weight excluding hydrogens is 326 g/mol. The van der Waals surface area contributed by atoms with Gasteiger partial charge in [-0.3, -0.25) is 0 Å². The van der Waals surface area contributed by atoms with Crippen molar-refractivity contribution in [3.05, 3.63) is 24.3 Å². The maximum absolute atomic E-state index is 9.10. The highest BCUT2D eigenvalue weighted by atomic mass is 16.5. The minimum absolute atomic E-state index is 0.777. The Morgan fingerprint density at radius 2 is 1.76 bits per heavy atom. The van der Waals surface area contributed by atoms with Crippen LogP contribution in [-0.4, -0.2) is 48.5 Å². The molecule has 0 atom stereocenters. The van der Waals surface area contributed by atoms with Crippen molar-refractivity contribution in [2.24, 2.45) is 0 Å². The summed E-state index contributed by atoms with van der Waals surface area (Å²) >= 11 is 0. The summed E-state index contributed by atoms with van der Waals surface area (Å²) in [5, 5.41) is 18.4. The topological polar surface area (TPSA) is 105 Å². The molecule has 3 N–H and O–H groups in total. The smallest absolute Gasteiger partial charge is 0.414 e. The van der Waals surface area contributed by atoms with Crippen LogP contribution >= 0.6 is 0 Å². The van der Waals surface area contributed by atoms with Crippen molar-refractivity contribution in [3.8, 4) is 11.5 Å². The monoisotopic (exact) mass is 353 g/mol. The van der Waals surface area contributed by atoms with E-state index in [4.69, 9.17) is 29.3 Å². The summed E-state index contributed by atoms with van der Waals surface area (Å²) in [5.74, 6) is -1.91. The summed E-state index contributed by atoms with van der Waals surface area (Å²) in [4.78, 5) is 18.2. The summed E-state index contributed by atoms with van der Waals surface area (Å²) in [5.41, 5.74) is 0. The van der Waals surface area contributed by atoms with Crippen molar-refractivity contribution in [1.29, 1.82) is 0 Å². The molecular formula is C18H27NO6. The maximum atomic E-state index is 9.10. The Kier molecular flexibility index (Phi) is 10.1. The van der Waals surface area contributed by atoms with Crippen molar-refractivity contribution in [2.45, 2.75) is 44.6 Å². The fourth-order valence-electron chi connectivity index (χ4n) is 2.54. The molecule has 2 rings (SSSR count). The quantitative estimate of drug-likeness (QED) is 0.487. The molecule has 1 aliphatic rings. The van der Waals surface area contributed by atoms with Gasteiger partial charge in [-0.05, 0) is 44.4 Å². The van der Waals surface area contributed by atoms with Crippen LogP contribution < -0.4 is 14.8 Å². The first-order chi connectivity index (χ1) is 12.0. The van der Waals surface area contributed by atoms with Crippen LogP contribution in [0.3, 0.4) is 0 Å². The van der Waals surface area contributed by atoms with Gasteiger partial charge in [0.2, 0.25) is 0 Å². The lowest BCUT2D eigenvalue weighted by Crippen LogP contribution is -2.27. The number of carbonyl (C=O) groups is 2. The molecule has 1 aliphatic carbocycles. The molecule has 7 heteroatoms. The third-order valence-electron chi connectivity index (χ3n) is 3.85. The third-order valence-corrected chi connectivity index (χ3v) is 3.85. The minimum Gasteiger partial charge on any atom is -0.497 e. The maximum Gasteiger partial charge on any atom is 0.414 e. The van der Waals surface area contributed by atoms with Crippen LogP contribution in [0.2, 0.25) is 0 Å². The van der Waals surface area contributed by atoms with Crippen LogP contribution in [0.4, 0.5) is 0 Å². The highest BCUT2D eigenvalue weighted by Gasteiger charge is 2.13. The van der Waals surface area contributed by atoms with Gasteiger partial charge in [0.05, 0.1) is 13.7 Å². The van der Waals surface area contributed by atoms with E-state index in [1.165, 1.54) is 32.1 Å². The number of methoxy groups -OCH3 is 1. The lowest BCUT2D eigenvalue weighted by atomic mass is 10.2. The summed E-state index contributed by atoms with van der Waals surface area (Å²) < 4.78 is 10.9. The highest BCUT2D eigenvalue weighted by molar-refractivity contribution is 6.27. The molecule has 0 radical (unpaired) electrons. The zero-order valence-electron chi connectivity index (χ0n) is 14.6. The molecule has 1 aromatic rings. The molecule has 0 unspecified atom stereocenters. The molecule has 0 amide bonds. The standard InChI is InChI=1S/C16H25NO2.C2H2O4/c1-18-15-9-6-10-16(13-15)19-12-5-4-11-17-14-7-2-3-8-14;3-1(4)2(5)6/h6,9-10,13-14,17H,2-5,7-8,11-12H2,1H3;(H,3,4)(H,5,6). The van der Waals surface area contributed by atoms with Crippen LogP contribution in [0.15, 0.2) is 24.3 Å². The number of ether oxygens (including phenoxy) is 2. The van der Waals surface area contributed by atoms with E-state index in [1.54, 1.807) is 7.11 Å². The predicted molar refractivity (Wildman–Crippen MR) is 93.3 cm³/mol. The summed E-state index contributed by atoms with van der Waals surface area (Å²) in [7, 11) is 1.67. The summed E-state index contributed by atoms with van der Waals surface area (Å²) in [6.45, 7) is 1.89. The van der Waals surface area contributed by atoms with Gasteiger partial charge < -0.3 is 25.0 Å². The molecule has 7 nitrogen and oxygen atoms in total. The van der Waals surface area contributed by atoms with Crippen molar-refractivity contribution in [3.63, 3.8) is 0 Å². The first kappa shape index (κ1) is 20.8. The number of hydrogen-bond acceptors (Lipinski definition) is 5. The van der Waals surface area contributed by atoms with Gasteiger partial charge in [0, 0.05) is 12.1 Å². The van der Waals surface area contributed by atoms with E-state index in [-0.39, 0.29) is 0 Å². The van der Waals surface area contributed by atoms with Crippen LogP contribution in [-0.2, 0) is 9.59 Å². The van der Waals surface area contributed by atoms with E-state index in [0.29, 0.717) is 0 Å². The molecule has 1 aromatic carbocycles. The van der Waals surface area contributed by atoms with Crippen molar-refractivity contribution in [1.82, 2.24) is 5.32 Å². The molecule has 0 aliphatic heterocycles. The number of rotatable bonds is 8. The largest absolute Gasteiger partial charge is 0.497 e. The summed E-state index contributed by atoms with van der Waals surface area (Å²) in [6, 6.07) is 8.56. The van der Waals surface area contributed by atoms with Crippen LogP contribution in [0.5, 0.6) is 11.5 Å². The number of carboxylic acid groups (broad SMARTS) is 2.